The summed E-state index contributed by atoms with van der Waals surface area (Å²) in [4.78, 5) is 18.1. The van der Waals surface area contributed by atoms with Crippen LogP contribution in [0, 0.1) is 17.0 Å². The molecule has 0 amide bonds. The number of hydrogen-bond donors (Lipinski definition) is 1. The highest BCUT2D eigenvalue weighted by Crippen LogP contribution is 2.41. The molecule has 2 saturated heterocycles. The van der Waals surface area contributed by atoms with E-state index < -0.39 is 5.82 Å². The topological polar surface area (TPSA) is 83.8 Å². The zero-order valence-corrected chi connectivity index (χ0v) is 25.5. The monoisotopic (exact) mass is 591 g/mol. The fourth-order valence-electron chi connectivity index (χ4n) is 6.70. The molecule has 4 heterocycles. The molecular weight excluding hydrogens is 552 g/mol. The number of benzene rings is 2. The van der Waals surface area contributed by atoms with Crippen molar-refractivity contribution in [2.24, 2.45) is 5.41 Å². The minimum atomic E-state index is -0.677. The number of aromatic nitrogens is 3. The molecular formula is C33H39F2N5O3. The first kappa shape index (κ1) is 29.4. The van der Waals surface area contributed by atoms with Crippen LogP contribution in [0.1, 0.15) is 45.6 Å². The molecule has 1 spiro atoms. The normalized spacial score (nSPS) is 19.0. The molecule has 2 aromatic heterocycles. The van der Waals surface area contributed by atoms with Crippen LogP contribution in [0.25, 0.3) is 32.9 Å². The van der Waals surface area contributed by atoms with Crippen molar-refractivity contribution in [2.45, 2.75) is 52.1 Å². The third-order valence-electron chi connectivity index (χ3n) is 8.55. The maximum absolute atomic E-state index is 16.7. The lowest BCUT2D eigenvalue weighted by Gasteiger charge is -2.48. The van der Waals surface area contributed by atoms with Gasteiger partial charge in [-0.15, -0.1) is 0 Å². The Labute approximate surface area is 250 Å². The number of nitrogens with zero attached hydrogens (tertiary/aromatic N) is 5. The Balaban J connectivity index is 1.51. The number of phenols is 1. The lowest BCUT2D eigenvalue weighted by molar-refractivity contribution is -0.151. The van der Waals surface area contributed by atoms with Crippen molar-refractivity contribution < 1.29 is 23.4 Å². The average Bonchev–Trinajstić information content (AvgIpc) is 2.94. The predicted molar refractivity (Wildman–Crippen MR) is 164 cm³/mol. The van der Waals surface area contributed by atoms with Crippen molar-refractivity contribution in [1.82, 2.24) is 19.9 Å². The highest BCUT2D eigenvalue weighted by molar-refractivity contribution is 6.01. The number of phenolic OH excluding ortho intramolecular Hbond substituents is 1. The molecule has 0 unspecified atom stereocenters. The number of rotatable bonds is 8. The Morgan fingerprint density at radius 2 is 1.95 bits per heavy atom. The summed E-state index contributed by atoms with van der Waals surface area (Å²) in [6.07, 6.45) is 4.85. The molecule has 6 rings (SSSR count). The van der Waals surface area contributed by atoms with Crippen molar-refractivity contribution in [3.63, 3.8) is 0 Å². The van der Waals surface area contributed by atoms with Crippen LogP contribution in [-0.2, 0) is 11.2 Å². The first-order chi connectivity index (χ1) is 20.5. The Hall–Kier alpha value is -3.63. The van der Waals surface area contributed by atoms with E-state index in [1.54, 1.807) is 18.3 Å². The second-order valence-electron chi connectivity index (χ2n) is 13.0. The number of ether oxygens (including phenoxy) is 2. The molecule has 0 aliphatic carbocycles. The van der Waals surface area contributed by atoms with Crippen molar-refractivity contribution >= 4 is 27.5 Å². The predicted octanol–water partition coefficient (Wildman–Crippen LogP) is 6.12. The highest BCUT2D eigenvalue weighted by atomic mass is 19.1. The van der Waals surface area contributed by atoms with Gasteiger partial charge in [-0.05, 0) is 67.9 Å². The summed E-state index contributed by atoms with van der Waals surface area (Å²) in [7, 11) is 4.01. The fraction of sp³-hybridized carbons (Fsp3) is 0.485. The van der Waals surface area contributed by atoms with Gasteiger partial charge < -0.3 is 24.4 Å². The summed E-state index contributed by atoms with van der Waals surface area (Å²) >= 11 is 0. The standard InChI is InChI=1S/C33H39F2N5O3/c1-6-22-25(34)9-8-20-14-21(41)15-23(26(20)22)28-27(35)29-24(16-36-28)30(40-12-7-10-33(18-40)11-13-43-33)38-31(37-29)42-19-32(2,3)17-39(4)5/h8-9,14-16,41H,6-7,10-13,17-19H2,1-5H3/t33-/m0/s1. The first-order valence-corrected chi connectivity index (χ1v) is 15.0. The second-order valence-corrected chi connectivity index (χ2v) is 13.0. The van der Waals surface area contributed by atoms with E-state index >= 15 is 4.39 Å². The maximum Gasteiger partial charge on any atom is 0.319 e. The van der Waals surface area contributed by atoms with Crippen LogP contribution < -0.4 is 9.64 Å². The van der Waals surface area contributed by atoms with E-state index in [0.29, 0.717) is 52.7 Å². The quantitative estimate of drug-likeness (QED) is 0.263. The first-order valence-electron chi connectivity index (χ1n) is 15.0. The molecule has 2 aromatic carbocycles. The van der Waals surface area contributed by atoms with Crippen molar-refractivity contribution in [1.29, 1.82) is 0 Å². The number of anilines is 1. The van der Waals surface area contributed by atoms with E-state index in [1.165, 1.54) is 12.1 Å². The highest BCUT2D eigenvalue weighted by Gasteiger charge is 2.43. The van der Waals surface area contributed by atoms with Crippen LogP contribution in [0.2, 0.25) is 0 Å². The third-order valence-corrected chi connectivity index (χ3v) is 8.55. The van der Waals surface area contributed by atoms with Crippen molar-refractivity contribution in [2.75, 3.05) is 51.8 Å². The molecule has 1 N–H and O–H groups in total. The van der Waals surface area contributed by atoms with E-state index in [-0.39, 0.29) is 39.8 Å². The largest absolute Gasteiger partial charge is 0.508 e. The Morgan fingerprint density at radius 3 is 2.65 bits per heavy atom. The molecule has 0 radical (unpaired) electrons. The van der Waals surface area contributed by atoms with Gasteiger partial charge in [-0.2, -0.15) is 9.97 Å². The fourth-order valence-corrected chi connectivity index (χ4v) is 6.70. The van der Waals surface area contributed by atoms with Crippen LogP contribution in [0.5, 0.6) is 11.8 Å². The summed E-state index contributed by atoms with van der Waals surface area (Å²) in [6.45, 7) is 9.27. The minimum Gasteiger partial charge on any atom is -0.508 e. The number of fused-ring (bicyclic) bond motifs is 2. The number of aromatic hydroxyl groups is 1. The summed E-state index contributed by atoms with van der Waals surface area (Å²) in [5.41, 5.74) is 0.367. The molecule has 2 aliphatic rings. The Kier molecular flexibility index (Phi) is 7.62. The van der Waals surface area contributed by atoms with Gasteiger partial charge in [-0.3, -0.25) is 4.98 Å². The van der Waals surface area contributed by atoms with Crippen molar-refractivity contribution in [3.05, 3.63) is 47.7 Å². The summed E-state index contributed by atoms with van der Waals surface area (Å²) in [5.74, 6) is -0.574. The van der Waals surface area contributed by atoms with Gasteiger partial charge in [0.2, 0.25) is 0 Å². The van der Waals surface area contributed by atoms with Gasteiger partial charge in [0.15, 0.2) is 5.82 Å². The van der Waals surface area contributed by atoms with Gasteiger partial charge in [0.05, 0.1) is 24.2 Å². The number of pyridine rings is 1. The summed E-state index contributed by atoms with van der Waals surface area (Å²) < 4.78 is 43.8. The molecule has 228 valence electrons. The lowest BCUT2D eigenvalue weighted by atomic mass is 9.86. The van der Waals surface area contributed by atoms with E-state index in [0.717, 1.165) is 39.0 Å². The van der Waals surface area contributed by atoms with Gasteiger partial charge in [0.25, 0.3) is 0 Å². The van der Waals surface area contributed by atoms with Gasteiger partial charge >= 0.3 is 6.01 Å². The zero-order chi connectivity index (χ0) is 30.5. The molecule has 1 atom stereocenters. The molecule has 8 nitrogen and oxygen atoms in total. The second kappa shape index (κ2) is 11.1. The van der Waals surface area contributed by atoms with E-state index in [4.69, 9.17) is 14.5 Å². The molecule has 10 heteroatoms. The summed E-state index contributed by atoms with van der Waals surface area (Å²) in [6, 6.07) is 6.02. The van der Waals surface area contributed by atoms with Crippen LogP contribution >= 0.6 is 0 Å². The molecule has 2 aliphatic heterocycles. The van der Waals surface area contributed by atoms with Crippen LogP contribution in [0.15, 0.2) is 30.5 Å². The number of halogens is 2. The number of aryl methyl sites for hydroxylation is 1. The van der Waals surface area contributed by atoms with E-state index in [2.05, 4.69) is 33.6 Å². The van der Waals surface area contributed by atoms with E-state index in [1.807, 2.05) is 21.0 Å². The van der Waals surface area contributed by atoms with Gasteiger partial charge in [-0.1, -0.05) is 26.8 Å². The van der Waals surface area contributed by atoms with Crippen LogP contribution in [0.4, 0.5) is 14.6 Å². The van der Waals surface area contributed by atoms with Gasteiger partial charge in [0, 0.05) is 43.2 Å². The van der Waals surface area contributed by atoms with Crippen LogP contribution in [0.3, 0.4) is 0 Å². The van der Waals surface area contributed by atoms with Gasteiger partial charge in [0.1, 0.15) is 28.6 Å². The summed E-state index contributed by atoms with van der Waals surface area (Å²) in [5, 5.41) is 12.1. The minimum absolute atomic E-state index is 0.0188. The van der Waals surface area contributed by atoms with Gasteiger partial charge in [-0.25, -0.2) is 8.78 Å². The number of piperidine rings is 1. The molecule has 4 aromatic rings. The molecule has 0 bridgehead atoms. The van der Waals surface area contributed by atoms with Crippen LogP contribution in [-0.4, -0.2) is 77.5 Å². The number of hydrogen-bond acceptors (Lipinski definition) is 8. The molecule has 0 saturated carbocycles. The molecule has 43 heavy (non-hydrogen) atoms. The Morgan fingerprint density at radius 1 is 1.16 bits per heavy atom. The smallest absolute Gasteiger partial charge is 0.319 e. The van der Waals surface area contributed by atoms with E-state index in [9.17, 15) is 9.50 Å². The SMILES string of the molecule is CCc1c(F)ccc2cc(O)cc(-c3ncc4c(N5CCC[C@]6(CCO6)C5)nc(OCC(C)(C)CN(C)C)nc4c3F)c12. The zero-order valence-electron chi connectivity index (χ0n) is 25.5. The Bertz CT molecular complexity index is 1690. The third kappa shape index (κ3) is 5.58. The van der Waals surface area contributed by atoms with Crippen molar-refractivity contribution in [3.8, 4) is 23.0 Å². The maximum atomic E-state index is 16.7. The average molecular weight is 592 g/mol. The lowest BCUT2D eigenvalue weighted by Crippen LogP contribution is -2.56. The molecule has 2 fully saturated rings.